The largest absolute Gasteiger partial charge is 0.453 e. The fourth-order valence-electron chi connectivity index (χ4n) is 2.42. The number of sulfone groups is 1. The fourth-order valence-corrected chi connectivity index (χ4v) is 3.05. The maximum Gasteiger partial charge on any atom is 0.338 e. The van der Waals surface area contributed by atoms with Crippen LogP contribution in [0.25, 0.3) is 0 Å². The van der Waals surface area contributed by atoms with Gasteiger partial charge in [-0.2, -0.15) is 0 Å². The van der Waals surface area contributed by atoms with Gasteiger partial charge >= 0.3 is 5.97 Å². The van der Waals surface area contributed by atoms with Crippen molar-refractivity contribution >= 4 is 15.8 Å². The highest BCUT2D eigenvalue weighted by Crippen LogP contribution is 2.25. The monoisotopic (exact) mass is 376 g/mol. The zero-order valence-electron chi connectivity index (χ0n) is 13.6. The highest BCUT2D eigenvalue weighted by atomic mass is 32.2. The van der Waals surface area contributed by atoms with Crippen LogP contribution >= 0.6 is 0 Å². The smallest absolute Gasteiger partial charge is 0.338 e. The van der Waals surface area contributed by atoms with Crippen LogP contribution in [0.3, 0.4) is 0 Å². The fraction of sp³-hybridized carbons (Fsp3) is 0.533. The summed E-state index contributed by atoms with van der Waals surface area (Å²) in [5, 5.41) is 29.4. The maximum atomic E-state index is 12.2. The quantitative estimate of drug-likeness (QED) is 0.535. The number of hydrogen-bond acceptors (Lipinski definition) is 9. The average Bonchev–Trinajstić information content (AvgIpc) is 2.58. The molecule has 0 bridgehead atoms. The summed E-state index contributed by atoms with van der Waals surface area (Å²) >= 11 is 0. The van der Waals surface area contributed by atoms with Crippen molar-refractivity contribution in [3.8, 4) is 0 Å². The Morgan fingerprint density at radius 3 is 2.28 bits per heavy atom. The van der Waals surface area contributed by atoms with E-state index in [0.29, 0.717) is 0 Å². The molecule has 1 aromatic rings. The van der Waals surface area contributed by atoms with Gasteiger partial charge < -0.3 is 29.5 Å². The SMILES string of the molecule is CO[C@H]1O[C@H](CO)[C@@H](O)[C@H](OC(=O)c2ccc(S(C)(=O)=O)cc2)[C@H]1O. The van der Waals surface area contributed by atoms with Crippen molar-refractivity contribution in [1.82, 2.24) is 0 Å². The van der Waals surface area contributed by atoms with E-state index in [4.69, 9.17) is 14.2 Å². The summed E-state index contributed by atoms with van der Waals surface area (Å²) < 4.78 is 38.0. The van der Waals surface area contributed by atoms with E-state index >= 15 is 0 Å². The van der Waals surface area contributed by atoms with E-state index in [1.54, 1.807) is 0 Å². The second kappa shape index (κ2) is 7.77. The van der Waals surface area contributed by atoms with Gasteiger partial charge in [-0.1, -0.05) is 0 Å². The van der Waals surface area contributed by atoms with E-state index in [2.05, 4.69) is 0 Å². The van der Waals surface area contributed by atoms with Crippen molar-refractivity contribution in [2.75, 3.05) is 20.0 Å². The maximum absolute atomic E-state index is 12.2. The Labute approximate surface area is 144 Å². The molecule has 0 aromatic heterocycles. The Hall–Kier alpha value is -1.56. The van der Waals surface area contributed by atoms with Gasteiger partial charge in [-0.25, -0.2) is 13.2 Å². The van der Waals surface area contributed by atoms with Gasteiger partial charge in [-0.15, -0.1) is 0 Å². The zero-order valence-corrected chi connectivity index (χ0v) is 14.4. The van der Waals surface area contributed by atoms with Crippen LogP contribution in [0, 0.1) is 0 Å². The molecule has 0 unspecified atom stereocenters. The Bertz CT molecular complexity index is 684. The number of methoxy groups -OCH3 is 1. The van der Waals surface area contributed by atoms with E-state index in [1.807, 2.05) is 0 Å². The van der Waals surface area contributed by atoms with E-state index in [1.165, 1.54) is 31.4 Å². The van der Waals surface area contributed by atoms with Crippen LogP contribution in [0.5, 0.6) is 0 Å². The molecule has 25 heavy (non-hydrogen) atoms. The minimum absolute atomic E-state index is 0.0350. The third-order valence-corrected chi connectivity index (χ3v) is 4.94. The van der Waals surface area contributed by atoms with Gasteiger partial charge in [0, 0.05) is 13.4 Å². The highest BCUT2D eigenvalue weighted by molar-refractivity contribution is 7.90. The molecule has 3 N–H and O–H groups in total. The van der Waals surface area contributed by atoms with Gasteiger partial charge in [-0.05, 0) is 24.3 Å². The van der Waals surface area contributed by atoms with Crippen molar-refractivity contribution in [1.29, 1.82) is 0 Å². The molecular weight excluding hydrogens is 356 g/mol. The van der Waals surface area contributed by atoms with Gasteiger partial charge in [0.05, 0.1) is 17.1 Å². The predicted molar refractivity (Wildman–Crippen MR) is 83.5 cm³/mol. The lowest BCUT2D eigenvalue weighted by atomic mass is 9.99. The normalized spacial score (nSPS) is 30.0. The molecule has 1 aliphatic rings. The van der Waals surface area contributed by atoms with Crippen LogP contribution in [0.1, 0.15) is 10.4 Å². The number of aliphatic hydroxyl groups excluding tert-OH is 3. The predicted octanol–water partition coefficient (Wildman–Crippen LogP) is -1.30. The van der Waals surface area contributed by atoms with Gasteiger partial charge in [0.1, 0.15) is 18.3 Å². The molecule has 0 aliphatic carbocycles. The minimum Gasteiger partial charge on any atom is -0.453 e. The van der Waals surface area contributed by atoms with Crippen LogP contribution in [-0.2, 0) is 24.0 Å². The Balaban J connectivity index is 2.17. The van der Waals surface area contributed by atoms with Crippen LogP contribution < -0.4 is 0 Å². The summed E-state index contributed by atoms with van der Waals surface area (Å²) in [5.74, 6) is -0.878. The number of benzene rings is 1. The second-order valence-corrected chi connectivity index (χ2v) is 7.62. The topological polar surface area (TPSA) is 140 Å². The summed E-state index contributed by atoms with van der Waals surface area (Å²) in [6.07, 6.45) is -5.58. The standard InChI is InChI=1S/C15H20O9S/c1-22-15-12(18)13(11(17)10(7-16)23-15)24-14(19)8-3-5-9(6-4-8)25(2,20)21/h3-6,10-13,15-18H,7H2,1-2H3/t10-,11-,12-,13+,15+/m1/s1. The summed E-state index contributed by atoms with van der Waals surface area (Å²) in [6, 6.07) is 5.01. The first-order valence-electron chi connectivity index (χ1n) is 7.35. The van der Waals surface area contributed by atoms with Gasteiger partial charge in [0.15, 0.2) is 22.2 Å². The number of carbonyl (C=O) groups is 1. The number of ether oxygens (including phenoxy) is 3. The van der Waals surface area contributed by atoms with Crippen molar-refractivity contribution in [3.05, 3.63) is 29.8 Å². The van der Waals surface area contributed by atoms with E-state index in [0.717, 1.165) is 6.26 Å². The Morgan fingerprint density at radius 2 is 1.80 bits per heavy atom. The molecule has 1 heterocycles. The molecule has 1 aliphatic heterocycles. The number of aliphatic hydroxyl groups is 3. The first-order chi connectivity index (χ1) is 11.7. The summed E-state index contributed by atoms with van der Waals surface area (Å²) in [5.41, 5.74) is 0.0350. The molecule has 0 spiro atoms. The van der Waals surface area contributed by atoms with Gasteiger partial charge in [0.2, 0.25) is 0 Å². The molecule has 0 amide bonds. The third kappa shape index (κ3) is 4.35. The number of esters is 1. The molecule has 10 heteroatoms. The molecule has 1 saturated heterocycles. The molecular formula is C15H20O9S. The Morgan fingerprint density at radius 1 is 1.20 bits per heavy atom. The second-order valence-electron chi connectivity index (χ2n) is 5.61. The Kier molecular flexibility index (Phi) is 6.14. The summed E-state index contributed by atoms with van der Waals surface area (Å²) in [7, 11) is -2.15. The molecule has 1 fully saturated rings. The molecule has 0 saturated carbocycles. The van der Waals surface area contributed by atoms with E-state index < -0.39 is 53.1 Å². The summed E-state index contributed by atoms with van der Waals surface area (Å²) in [4.78, 5) is 12.3. The van der Waals surface area contributed by atoms with Crippen LogP contribution in [0.4, 0.5) is 0 Å². The number of hydrogen-bond donors (Lipinski definition) is 3. The van der Waals surface area contributed by atoms with Gasteiger partial charge in [0.25, 0.3) is 0 Å². The van der Waals surface area contributed by atoms with Crippen LogP contribution in [0.15, 0.2) is 29.2 Å². The van der Waals surface area contributed by atoms with E-state index in [9.17, 15) is 28.5 Å². The molecule has 1 aromatic carbocycles. The third-order valence-electron chi connectivity index (χ3n) is 3.82. The lowest BCUT2D eigenvalue weighted by Crippen LogP contribution is -2.60. The van der Waals surface area contributed by atoms with Crippen molar-refractivity contribution in [2.45, 2.75) is 35.6 Å². The molecule has 2 rings (SSSR count). The van der Waals surface area contributed by atoms with Crippen LogP contribution in [0.2, 0.25) is 0 Å². The molecule has 0 radical (unpaired) electrons. The molecule has 5 atom stereocenters. The van der Waals surface area contributed by atoms with Crippen molar-refractivity contribution < 1.29 is 42.7 Å². The lowest BCUT2D eigenvalue weighted by Gasteiger charge is -2.40. The average molecular weight is 376 g/mol. The summed E-state index contributed by atoms with van der Waals surface area (Å²) in [6.45, 7) is -0.565. The van der Waals surface area contributed by atoms with Crippen molar-refractivity contribution in [3.63, 3.8) is 0 Å². The van der Waals surface area contributed by atoms with Gasteiger partial charge in [-0.3, -0.25) is 0 Å². The highest BCUT2D eigenvalue weighted by Gasteiger charge is 2.46. The van der Waals surface area contributed by atoms with E-state index in [-0.39, 0.29) is 10.5 Å². The van der Waals surface area contributed by atoms with Crippen molar-refractivity contribution in [2.24, 2.45) is 0 Å². The number of carbonyl (C=O) groups excluding carboxylic acids is 1. The first kappa shape index (κ1) is 19.8. The minimum atomic E-state index is -3.40. The lowest BCUT2D eigenvalue weighted by molar-refractivity contribution is -0.293. The zero-order chi connectivity index (χ0) is 18.8. The van der Waals surface area contributed by atoms with Crippen LogP contribution in [-0.4, -0.2) is 80.4 Å². The first-order valence-corrected chi connectivity index (χ1v) is 9.24. The number of rotatable bonds is 5. The molecule has 9 nitrogen and oxygen atoms in total. The molecule has 140 valence electrons.